The molecule has 0 N–H and O–H groups in total. The van der Waals surface area contributed by atoms with Gasteiger partial charge in [0.1, 0.15) is 24.7 Å². The lowest BCUT2D eigenvalue weighted by atomic mass is 10.2. The number of hydrogen-bond donors (Lipinski definition) is 0. The minimum absolute atomic E-state index is 0.340. The minimum atomic E-state index is -0.340. The second kappa shape index (κ2) is 9.40. The van der Waals surface area contributed by atoms with Gasteiger partial charge in [0.15, 0.2) is 11.5 Å². The average Bonchev–Trinajstić information content (AvgIpc) is 3.31. The minimum Gasteiger partial charge on any atom is -0.497 e. The lowest BCUT2D eigenvalue weighted by Crippen LogP contribution is -2.26. The number of hydrazone groups is 1. The van der Waals surface area contributed by atoms with Gasteiger partial charge in [0.25, 0.3) is 5.91 Å². The van der Waals surface area contributed by atoms with Crippen LogP contribution in [0.4, 0.5) is 5.13 Å². The monoisotopic (exact) mass is 475 g/mol. The molecule has 0 radical (unpaired) electrons. The van der Waals surface area contributed by atoms with Gasteiger partial charge >= 0.3 is 0 Å². The van der Waals surface area contributed by atoms with Gasteiger partial charge in [-0.15, -0.1) is 0 Å². The molecular weight excluding hydrogens is 454 g/mol. The fourth-order valence-electron chi connectivity index (χ4n) is 3.41. The first-order chi connectivity index (χ1) is 16.6. The first-order valence-corrected chi connectivity index (χ1v) is 11.3. The molecular formula is C25H21N3O5S. The Morgan fingerprint density at radius 3 is 2.47 bits per heavy atom. The van der Waals surface area contributed by atoms with Gasteiger partial charge in [0, 0.05) is 5.56 Å². The molecule has 1 aliphatic heterocycles. The predicted molar refractivity (Wildman–Crippen MR) is 131 cm³/mol. The summed E-state index contributed by atoms with van der Waals surface area (Å²) in [5.74, 6) is 2.26. The van der Waals surface area contributed by atoms with Gasteiger partial charge in [-0.3, -0.25) is 4.79 Å². The number of benzene rings is 3. The van der Waals surface area contributed by atoms with Crippen molar-refractivity contribution in [3.8, 4) is 23.0 Å². The standard InChI is InChI=1S/C25H21N3O5S/c1-30-18-6-3-16(4-7-18)15-26-28(25-27-20-9-8-19(31-2)14-23(20)34-25)24(29)17-5-10-21-22(13-17)33-12-11-32-21/h3-10,13-15H,11-12H2,1-2H3/b26-15+. The fraction of sp³-hybridized carbons (Fsp3) is 0.160. The summed E-state index contributed by atoms with van der Waals surface area (Å²) in [5.41, 5.74) is 1.97. The second-order valence-electron chi connectivity index (χ2n) is 7.32. The molecule has 0 bridgehead atoms. The normalized spacial score (nSPS) is 12.6. The van der Waals surface area contributed by atoms with E-state index in [0.29, 0.717) is 41.2 Å². The van der Waals surface area contributed by atoms with Gasteiger partial charge in [-0.2, -0.15) is 10.1 Å². The summed E-state index contributed by atoms with van der Waals surface area (Å²) >= 11 is 1.35. The van der Waals surface area contributed by atoms with Gasteiger partial charge in [0.05, 0.1) is 30.7 Å². The van der Waals surface area contributed by atoms with Crippen molar-refractivity contribution >= 4 is 38.8 Å². The Labute approximate surface area is 200 Å². The number of ether oxygens (including phenoxy) is 4. The Kier molecular flexibility index (Phi) is 6.01. The van der Waals surface area contributed by atoms with E-state index in [9.17, 15) is 4.79 Å². The highest BCUT2D eigenvalue weighted by Crippen LogP contribution is 2.34. The number of methoxy groups -OCH3 is 2. The maximum atomic E-state index is 13.6. The summed E-state index contributed by atoms with van der Waals surface area (Å²) < 4.78 is 22.6. The molecule has 0 fully saturated rings. The third-order valence-electron chi connectivity index (χ3n) is 5.19. The van der Waals surface area contributed by atoms with Crippen LogP contribution in [0.1, 0.15) is 15.9 Å². The smallest absolute Gasteiger partial charge is 0.280 e. The molecule has 1 amide bonds. The van der Waals surface area contributed by atoms with Crippen LogP contribution >= 0.6 is 11.3 Å². The molecule has 1 aliphatic rings. The van der Waals surface area contributed by atoms with Crippen molar-refractivity contribution in [1.82, 2.24) is 4.98 Å². The number of anilines is 1. The van der Waals surface area contributed by atoms with Crippen molar-refractivity contribution in [2.75, 3.05) is 32.4 Å². The number of fused-ring (bicyclic) bond motifs is 2. The summed E-state index contributed by atoms with van der Waals surface area (Å²) in [6.07, 6.45) is 1.61. The molecule has 2 heterocycles. The zero-order chi connectivity index (χ0) is 23.5. The third kappa shape index (κ3) is 4.38. The molecule has 0 unspecified atom stereocenters. The van der Waals surface area contributed by atoms with Gasteiger partial charge in [-0.05, 0) is 66.2 Å². The molecule has 0 spiro atoms. The van der Waals surface area contributed by atoms with Gasteiger partial charge in [-0.25, -0.2) is 4.98 Å². The van der Waals surface area contributed by atoms with Crippen molar-refractivity contribution in [2.45, 2.75) is 0 Å². The number of hydrogen-bond acceptors (Lipinski definition) is 8. The van der Waals surface area contributed by atoms with Crippen molar-refractivity contribution in [3.63, 3.8) is 0 Å². The lowest BCUT2D eigenvalue weighted by Gasteiger charge is -2.20. The number of nitrogens with zero attached hydrogens (tertiary/aromatic N) is 3. The zero-order valence-electron chi connectivity index (χ0n) is 18.6. The molecule has 172 valence electrons. The summed E-state index contributed by atoms with van der Waals surface area (Å²) in [7, 11) is 3.22. The van der Waals surface area contributed by atoms with Gasteiger partial charge < -0.3 is 18.9 Å². The van der Waals surface area contributed by atoms with E-state index in [1.54, 1.807) is 38.6 Å². The molecule has 9 heteroatoms. The maximum Gasteiger partial charge on any atom is 0.280 e. The molecule has 0 aliphatic carbocycles. The highest BCUT2D eigenvalue weighted by Gasteiger charge is 2.23. The number of amides is 1. The molecule has 0 saturated heterocycles. The van der Waals surface area contributed by atoms with E-state index >= 15 is 0 Å². The van der Waals surface area contributed by atoms with E-state index in [1.165, 1.54) is 16.3 Å². The van der Waals surface area contributed by atoms with Crippen LogP contribution in [0, 0.1) is 0 Å². The van der Waals surface area contributed by atoms with Gasteiger partial charge in [0.2, 0.25) is 5.13 Å². The quantitative estimate of drug-likeness (QED) is 0.295. The maximum absolute atomic E-state index is 13.6. The molecule has 0 saturated carbocycles. The SMILES string of the molecule is COc1ccc(/C=N/N(C(=O)c2ccc3c(c2)OCCO3)c2nc3ccc(OC)cc3s2)cc1. The van der Waals surface area contributed by atoms with Crippen LogP contribution in [0.2, 0.25) is 0 Å². The zero-order valence-corrected chi connectivity index (χ0v) is 19.4. The summed E-state index contributed by atoms with van der Waals surface area (Å²) in [6.45, 7) is 0.914. The largest absolute Gasteiger partial charge is 0.497 e. The summed E-state index contributed by atoms with van der Waals surface area (Å²) in [5, 5.41) is 6.24. The fourth-order valence-corrected chi connectivity index (χ4v) is 4.36. The van der Waals surface area contributed by atoms with E-state index in [1.807, 2.05) is 42.5 Å². The van der Waals surface area contributed by atoms with Crippen LogP contribution in [-0.4, -0.2) is 44.5 Å². The van der Waals surface area contributed by atoms with E-state index in [-0.39, 0.29) is 5.91 Å². The Bertz CT molecular complexity index is 1370. The van der Waals surface area contributed by atoms with E-state index < -0.39 is 0 Å². The van der Waals surface area contributed by atoms with Crippen LogP contribution in [0.3, 0.4) is 0 Å². The van der Waals surface area contributed by atoms with Crippen molar-refractivity contribution in [2.24, 2.45) is 5.10 Å². The van der Waals surface area contributed by atoms with Crippen LogP contribution in [-0.2, 0) is 0 Å². The van der Waals surface area contributed by atoms with E-state index in [0.717, 1.165) is 21.5 Å². The van der Waals surface area contributed by atoms with Crippen LogP contribution in [0.15, 0.2) is 65.8 Å². The first kappa shape index (κ1) is 21.7. The number of thiazole rings is 1. The Hall–Kier alpha value is -4.11. The Morgan fingerprint density at radius 2 is 1.71 bits per heavy atom. The summed E-state index contributed by atoms with van der Waals surface area (Å²) in [6, 6.07) is 18.1. The number of rotatable bonds is 6. The Balaban J connectivity index is 1.53. The Morgan fingerprint density at radius 1 is 0.971 bits per heavy atom. The number of carbonyl (C=O) groups is 1. The van der Waals surface area contributed by atoms with Gasteiger partial charge in [-0.1, -0.05) is 11.3 Å². The van der Waals surface area contributed by atoms with Crippen LogP contribution in [0.5, 0.6) is 23.0 Å². The molecule has 4 aromatic rings. The van der Waals surface area contributed by atoms with E-state index in [2.05, 4.69) is 10.1 Å². The van der Waals surface area contributed by atoms with Crippen molar-refractivity contribution < 1.29 is 23.7 Å². The molecule has 3 aromatic carbocycles. The van der Waals surface area contributed by atoms with E-state index in [4.69, 9.17) is 18.9 Å². The third-order valence-corrected chi connectivity index (χ3v) is 6.18. The first-order valence-electron chi connectivity index (χ1n) is 10.5. The highest BCUT2D eigenvalue weighted by atomic mass is 32.1. The summed E-state index contributed by atoms with van der Waals surface area (Å²) in [4.78, 5) is 18.2. The highest BCUT2D eigenvalue weighted by molar-refractivity contribution is 7.22. The molecule has 8 nitrogen and oxygen atoms in total. The lowest BCUT2D eigenvalue weighted by molar-refractivity contribution is 0.0986. The topological polar surface area (TPSA) is 82.5 Å². The van der Waals surface area contributed by atoms with Crippen molar-refractivity contribution in [1.29, 1.82) is 0 Å². The molecule has 0 atom stereocenters. The number of aromatic nitrogens is 1. The second-order valence-corrected chi connectivity index (χ2v) is 8.33. The van der Waals surface area contributed by atoms with Crippen LogP contribution in [0.25, 0.3) is 10.2 Å². The molecule has 5 rings (SSSR count). The molecule has 34 heavy (non-hydrogen) atoms. The average molecular weight is 476 g/mol. The molecule has 1 aromatic heterocycles. The predicted octanol–water partition coefficient (Wildman–Crippen LogP) is 4.77. The van der Waals surface area contributed by atoms with Crippen molar-refractivity contribution in [3.05, 3.63) is 71.8 Å². The number of carbonyl (C=O) groups excluding carboxylic acids is 1. The van der Waals surface area contributed by atoms with Crippen LogP contribution < -0.4 is 24.0 Å².